The van der Waals surface area contributed by atoms with Crippen LogP contribution >= 0.6 is 15.9 Å². The van der Waals surface area contributed by atoms with Gasteiger partial charge in [-0.2, -0.15) is 4.31 Å². The Morgan fingerprint density at radius 2 is 1.71 bits per heavy atom. The Bertz CT molecular complexity index is 950. The molecular weight excluding hydrogens is 440 g/mol. The van der Waals surface area contributed by atoms with Gasteiger partial charge in [-0.1, -0.05) is 45.8 Å². The fourth-order valence-corrected chi connectivity index (χ4v) is 5.50. The zero-order valence-electron chi connectivity index (χ0n) is 16.2. The second kappa shape index (κ2) is 8.86. The molecule has 3 rings (SSSR count). The third-order valence-electron chi connectivity index (χ3n) is 5.25. The summed E-state index contributed by atoms with van der Waals surface area (Å²) in [6.07, 6.45) is 0.473. The zero-order chi connectivity index (χ0) is 20.3. The maximum absolute atomic E-state index is 13.0. The van der Waals surface area contributed by atoms with Crippen molar-refractivity contribution in [2.24, 2.45) is 0 Å². The van der Waals surface area contributed by atoms with E-state index >= 15 is 0 Å². The lowest BCUT2D eigenvalue weighted by molar-refractivity contribution is -0.903. The Morgan fingerprint density at radius 1 is 1.07 bits per heavy atom. The van der Waals surface area contributed by atoms with E-state index < -0.39 is 10.0 Å². The molecule has 0 bridgehead atoms. The van der Waals surface area contributed by atoms with Gasteiger partial charge < -0.3 is 4.90 Å². The first-order valence-electron chi connectivity index (χ1n) is 9.47. The summed E-state index contributed by atoms with van der Waals surface area (Å²) in [5.41, 5.74) is 2.56. The number of halogens is 1. The quantitative estimate of drug-likeness (QED) is 0.665. The molecule has 2 aromatic rings. The molecule has 0 aliphatic carbocycles. The van der Waals surface area contributed by atoms with E-state index in [4.69, 9.17) is 0 Å². The van der Waals surface area contributed by atoms with Crippen molar-refractivity contribution in [3.8, 4) is 0 Å². The SMILES string of the molecule is Cc1ccc(S(=O)(=O)N2CC[NH+](CCC(=O)c3ccc(Br)cc3)CC2)c(C)c1. The molecule has 0 atom stereocenters. The molecule has 2 aromatic carbocycles. The summed E-state index contributed by atoms with van der Waals surface area (Å²) in [6, 6.07) is 12.9. The number of ketones is 1. The van der Waals surface area contributed by atoms with Gasteiger partial charge in [-0.25, -0.2) is 8.42 Å². The highest BCUT2D eigenvalue weighted by atomic mass is 79.9. The van der Waals surface area contributed by atoms with Crippen LogP contribution < -0.4 is 4.90 Å². The summed E-state index contributed by atoms with van der Waals surface area (Å²) in [7, 11) is -3.46. The maximum Gasteiger partial charge on any atom is 0.243 e. The van der Waals surface area contributed by atoms with Crippen LogP contribution in [0, 0.1) is 13.8 Å². The predicted molar refractivity (Wildman–Crippen MR) is 113 cm³/mol. The average Bonchev–Trinajstić information content (AvgIpc) is 2.66. The lowest BCUT2D eigenvalue weighted by Gasteiger charge is -2.31. The van der Waals surface area contributed by atoms with Gasteiger partial charge in [0.15, 0.2) is 5.78 Å². The molecule has 0 unspecified atom stereocenters. The van der Waals surface area contributed by atoms with Crippen molar-refractivity contribution in [1.82, 2.24) is 4.31 Å². The molecule has 1 aliphatic heterocycles. The minimum Gasteiger partial charge on any atom is -0.332 e. The van der Waals surface area contributed by atoms with Crippen molar-refractivity contribution >= 4 is 31.7 Å². The average molecular weight is 466 g/mol. The monoisotopic (exact) mass is 465 g/mol. The minimum atomic E-state index is -3.46. The topological polar surface area (TPSA) is 58.9 Å². The van der Waals surface area contributed by atoms with Crippen LogP contribution in [0.4, 0.5) is 0 Å². The van der Waals surface area contributed by atoms with Crippen molar-refractivity contribution in [2.75, 3.05) is 32.7 Å². The number of Topliss-reactive ketones (excluding diaryl/α,β-unsaturated/α-hetero) is 1. The first kappa shape index (κ1) is 21.2. The van der Waals surface area contributed by atoms with E-state index in [1.165, 1.54) is 4.90 Å². The highest BCUT2D eigenvalue weighted by molar-refractivity contribution is 9.10. The minimum absolute atomic E-state index is 0.130. The zero-order valence-corrected chi connectivity index (χ0v) is 18.6. The van der Waals surface area contributed by atoms with Crippen LogP contribution in [-0.2, 0) is 10.0 Å². The van der Waals surface area contributed by atoms with Gasteiger partial charge in [0.25, 0.3) is 0 Å². The molecule has 1 saturated heterocycles. The van der Waals surface area contributed by atoms with Crippen LogP contribution in [0.5, 0.6) is 0 Å². The number of rotatable bonds is 6. The van der Waals surface area contributed by atoms with Crippen molar-refractivity contribution in [3.05, 3.63) is 63.6 Å². The van der Waals surface area contributed by atoms with E-state index in [2.05, 4.69) is 15.9 Å². The molecule has 1 aliphatic rings. The number of carbonyl (C=O) groups excluding carboxylic acids is 1. The van der Waals surface area contributed by atoms with Gasteiger partial charge >= 0.3 is 0 Å². The van der Waals surface area contributed by atoms with Crippen LogP contribution in [0.25, 0.3) is 0 Å². The Hall–Kier alpha value is -1.54. The predicted octanol–water partition coefficient (Wildman–Crippen LogP) is 2.23. The van der Waals surface area contributed by atoms with E-state index in [9.17, 15) is 13.2 Å². The summed E-state index contributed by atoms with van der Waals surface area (Å²) in [4.78, 5) is 14.0. The molecule has 0 radical (unpaired) electrons. The van der Waals surface area contributed by atoms with Crippen molar-refractivity contribution in [1.29, 1.82) is 0 Å². The number of hydrogen-bond acceptors (Lipinski definition) is 3. The van der Waals surface area contributed by atoms with Crippen LogP contribution in [0.2, 0.25) is 0 Å². The summed E-state index contributed by atoms with van der Waals surface area (Å²) in [5.74, 6) is 0.130. The lowest BCUT2D eigenvalue weighted by Crippen LogP contribution is -3.14. The first-order valence-corrected chi connectivity index (χ1v) is 11.7. The molecule has 0 saturated carbocycles. The van der Waals surface area contributed by atoms with E-state index in [1.54, 1.807) is 10.4 Å². The summed E-state index contributed by atoms with van der Waals surface area (Å²) in [6.45, 7) is 6.94. The number of hydrogen-bond donors (Lipinski definition) is 1. The Labute approximate surface area is 175 Å². The Kier molecular flexibility index (Phi) is 6.70. The second-order valence-corrected chi connectivity index (χ2v) is 10.2. The van der Waals surface area contributed by atoms with Gasteiger partial charge in [0.05, 0.1) is 44.0 Å². The third kappa shape index (κ3) is 4.89. The maximum atomic E-state index is 13.0. The van der Waals surface area contributed by atoms with E-state index in [0.29, 0.717) is 24.4 Å². The van der Waals surface area contributed by atoms with Crippen LogP contribution in [0.1, 0.15) is 27.9 Å². The number of aryl methyl sites for hydroxylation is 2. The smallest absolute Gasteiger partial charge is 0.243 e. The van der Waals surface area contributed by atoms with Gasteiger partial charge in [-0.3, -0.25) is 4.79 Å². The number of piperazine rings is 1. The van der Waals surface area contributed by atoms with Crippen molar-refractivity contribution in [3.63, 3.8) is 0 Å². The molecular formula is C21H26BrN2O3S+. The molecule has 7 heteroatoms. The molecule has 0 aromatic heterocycles. The van der Waals surface area contributed by atoms with Gasteiger partial charge in [0.2, 0.25) is 10.0 Å². The van der Waals surface area contributed by atoms with Crippen molar-refractivity contribution in [2.45, 2.75) is 25.2 Å². The van der Waals surface area contributed by atoms with Crippen LogP contribution in [-0.4, -0.2) is 51.2 Å². The van der Waals surface area contributed by atoms with Crippen LogP contribution in [0.15, 0.2) is 51.8 Å². The fourth-order valence-electron chi connectivity index (χ4n) is 3.59. The Balaban J connectivity index is 1.55. The van der Waals surface area contributed by atoms with E-state index in [-0.39, 0.29) is 5.78 Å². The number of carbonyl (C=O) groups is 1. The standard InChI is InChI=1S/C21H25BrN2O3S/c1-16-3-8-21(17(2)15-16)28(26,27)24-13-11-23(12-14-24)10-9-20(25)18-4-6-19(22)7-5-18/h3-8,15H,9-14H2,1-2H3/p+1. The molecule has 1 N–H and O–H groups in total. The molecule has 5 nitrogen and oxygen atoms in total. The lowest BCUT2D eigenvalue weighted by atomic mass is 10.1. The van der Waals surface area contributed by atoms with Crippen LogP contribution in [0.3, 0.4) is 0 Å². The van der Waals surface area contributed by atoms with Gasteiger partial charge in [-0.05, 0) is 37.6 Å². The molecule has 0 amide bonds. The molecule has 150 valence electrons. The summed E-state index contributed by atoms with van der Waals surface area (Å²) < 4.78 is 28.5. The van der Waals surface area contributed by atoms with E-state index in [1.807, 2.05) is 50.2 Å². The van der Waals surface area contributed by atoms with Crippen molar-refractivity contribution < 1.29 is 18.1 Å². The highest BCUT2D eigenvalue weighted by Crippen LogP contribution is 2.21. The first-order chi connectivity index (χ1) is 13.3. The number of nitrogens with zero attached hydrogens (tertiary/aromatic N) is 1. The van der Waals surface area contributed by atoms with Gasteiger partial charge in [0, 0.05) is 10.0 Å². The highest BCUT2D eigenvalue weighted by Gasteiger charge is 2.31. The Morgan fingerprint density at radius 3 is 2.32 bits per heavy atom. The number of sulfonamides is 1. The largest absolute Gasteiger partial charge is 0.332 e. The molecule has 1 fully saturated rings. The molecule has 0 spiro atoms. The second-order valence-electron chi connectivity index (χ2n) is 7.35. The molecule has 28 heavy (non-hydrogen) atoms. The summed E-state index contributed by atoms with van der Waals surface area (Å²) >= 11 is 3.37. The number of benzene rings is 2. The normalized spacial score (nSPS) is 16.2. The number of nitrogens with one attached hydrogen (secondary N) is 1. The van der Waals surface area contributed by atoms with Gasteiger partial charge in [0.1, 0.15) is 0 Å². The number of quaternary nitrogens is 1. The summed E-state index contributed by atoms with van der Waals surface area (Å²) in [5, 5.41) is 0. The van der Waals surface area contributed by atoms with Gasteiger partial charge in [-0.15, -0.1) is 0 Å². The third-order valence-corrected chi connectivity index (χ3v) is 7.84. The fraction of sp³-hybridized carbons (Fsp3) is 0.381. The van der Waals surface area contributed by atoms with E-state index in [0.717, 1.165) is 40.8 Å². The molecule has 1 heterocycles.